The van der Waals surface area contributed by atoms with E-state index in [1.54, 1.807) is 0 Å². The average Bonchev–Trinajstić information content (AvgIpc) is 2.03. The monoisotopic (exact) mass is 187 g/mol. The van der Waals surface area contributed by atoms with Crippen LogP contribution in [0.15, 0.2) is 0 Å². The normalized spacial score (nSPS) is 28.1. The predicted molar refractivity (Wildman–Crippen MR) is 44.2 cm³/mol. The molecule has 0 aromatic heterocycles. The second-order valence-electron chi connectivity index (χ2n) is 3.08. The van der Waals surface area contributed by atoms with Crippen LogP contribution >= 0.6 is 0 Å². The lowest BCUT2D eigenvalue weighted by Gasteiger charge is -2.28. The number of carboxylic acids is 1. The Morgan fingerprint density at radius 2 is 2.23 bits per heavy atom. The van der Waals surface area contributed by atoms with Gasteiger partial charge in [-0.25, -0.2) is 4.79 Å². The van der Waals surface area contributed by atoms with Crippen molar-refractivity contribution in [3.63, 3.8) is 0 Å². The maximum absolute atomic E-state index is 10.7. The summed E-state index contributed by atoms with van der Waals surface area (Å²) in [6.45, 7) is 1.82. The van der Waals surface area contributed by atoms with E-state index in [1.165, 1.54) is 6.92 Å². The number of hydrogen-bond acceptors (Lipinski definition) is 3. The summed E-state index contributed by atoms with van der Waals surface area (Å²) >= 11 is 0. The van der Waals surface area contributed by atoms with Crippen LogP contribution in [-0.4, -0.2) is 35.7 Å². The van der Waals surface area contributed by atoms with Crippen LogP contribution < -0.4 is 5.32 Å². The Morgan fingerprint density at radius 1 is 1.54 bits per heavy atom. The maximum Gasteiger partial charge on any atom is 0.334 e. The van der Waals surface area contributed by atoms with E-state index in [9.17, 15) is 9.59 Å². The molecule has 0 aromatic carbocycles. The van der Waals surface area contributed by atoms with E-state index in [0.717, 1.165) is 6.42 Å². The minimum absolute atomic E-state index is 0.221. The van der Waals surface area contributed by atoms with Crippen LogP contribution in [0, 0.1) is 0 Å². The van der Waals surface area contributed by atoms with Gasteiger partial charge in [-0.3, -0.25) is 4.79 Å². The third kappa shape index (κ3) is 2.69. The molecular weight excluding hydrogens is 174 g/mol. The Morgan fingerprint density at radius 3 is 2.77 bits per heavy atom. The van der Waals surface area contributed by atoms with Gasteiger partial charge < -0.3 is 15.2 Å². The molecule has 5 nitrogen and oxygen atoms in total. The van der Waals surface area contributed by atoms with Gasteiger partial charge in [0.25, 0.3) is 0 Å². The first-order valence-corrected chi connectivity index (χ1v) is 4.23. The summed E-state index contributed by atoms with van der Waals surface area (Å²) in [6, 6.07) is -0.385. The van der Waals surface area contributed by atoms with Crippen LogP contribution in [0.1, 0.15) is 19.8 Å². The molecule has 1 amide bonds. The molecule has 1 fully saturated rings. The second-order valence-corrected chi connectivity index (χ2v) is 3.08. The van der Waals surface area contributed by atoms with E-state index >= 15 is 0 Å². The van der Waals surface area contributed by atoms with Gasteiger partial charge in [0.15, 0.2) is 6.10 Å². The van der Waals surface area contributed by atoms with Crippen LogP contribution in [0.2, 0.25) is 0 Å². The fourth-order valence-electron chi connectivity index (χ4n) is 1.43. The zero-order valence-electron chi connectivity index (χ0n) is 7.45. The topological polar surface area (TPSA) is 75.6 Å². The molecule has 74 valence electrons. The minimum Gasteiger partial charge on any atom is -0.479 e. The lowest BCUT2D eigenvalue weighted by atomic mass is 10.0. The first-order chi connectivity index (χ1) is 6.11. The fourth-order valence-corrected chi connectivity index (χ4v) is 1.43. The first-order valence-electron chi connectivity index (χ1n) is 4.23. The van der Waals surface area contributed by atoms with Crippen molar-refractivity contribution in [3.05, 3.63) is 0 Å². The van der Waals surface area contributed by atoms with Crippen molar-refractivity contribution < 1.29 is 19.4 Å². The summed E-state index contributed by atoms with van der Waals surface area (Å²) < 4.78 is 5.04. The summed E-state index contributed by atoms with van der Waals surface area (Å²) in [6.07, 6.45) is 0.559. The van der Waals surface area contributed by atoms with E-state index in [0.29, 0.717) is 13.0 Å². The number of aliphatic carboxylic acids is 1. The number of rotatable bonds is 2. The molecule has 0 aliphatic carbocycles. The van der Waals surface area contributed by atoms with Gasteiger partial charge in [-0.15, -0.1) is 0 Å². The van der Waals surface area contributed by atoms with Crippen molar-refractivity contribution >= 4 is 11.9 Å². The molecule has 1 aliphatic rings. The Balaban J connectivity index is 2.56. The van der Waals surface area contributed by atoms with Gasteiger partial charge in [-0.2, -0.15) is 0 Å². The van der Waals surface area contributed by atoms with Crippen molar-refractivity contribution in [1.29, 1.82) is 0 Å². The van der Waals surface area contributed by atoms with Gasteiger partial charge in [0.2, 0.25) is 5.91 Å². The lowest BCUT2D eigenvalue weighted by Crippen LogP contribution is -2.50. The van der Waals surface area contributed by atoms with Crippen molar-refractivity contribution in [2.45, 2.75) is 31.9 Å². The SMILES string of the molecule is CC(=O)N[C@@H]1CCCO[C@@H]1C(=O)O. The highest BCUT2D eigenvalue weighted by Gasteiger charge is 2.32. The van der Waals surface area contributed by atoms with Gasteiger partial charge in [-0.1, -0.05) is 0 Å². The molecule has 1 aliphatic heterocycles. The molecular formula is C8H13NO4. The molecule has 2 atom stereocenters. The van der Waals surface area contributed by atoms with Gasteiger partial charge in [0, 0.05) is 13.5 Å². The number of hydrogen-bond donors (Lipinski definition) is 2. The van der Waals surface area contributed by atoms with E-state index in [4.69, 9.17) is 9.84 Å². The highest BCUT2D eigenvalue weighted by Crippen LogP contribution is 2.13. The standard InChI is InChI=1S/C8H13NO4/c1-5(10)9-6-3-2-4-13-7(6)8(11)12/h6-7H,2-4H2,1H3,(H,9,10)(H,11,12)/t6-,7+/m1/s1. The zero-order valence-corrected chi connectivity index (χ0v) is 7.45. The molecule has 1 saturated heterocycles. The number of carbonyl (C=O) groups is 2. The number of amides is 1. The van der Waals surface area contributed by atoms with Gasteiger partial charge in [0.1, 0.15) is 0 Å². The third-order valence-corrected chi connectivity index (χ3v) is 1.95. The molecule has 0 radical (unpaired) electrons. The molecule has 13 heavy (non-hydrogen) atoms. The minimum atomic E-state index is -1.02. The molecule has 0 unspecified atom stereocenters. The van der Waals surface area contributed by atoms with E-state index in [1.807, 2.05) is 0 Å². The number of nitrogens with one attached hydrogen (secondary N) is 1. The van der Waals surface area contributed by atoms with Crippen LogP contribution in [0.25, 0.3) is 0 Å². The highest BCUT2D eigenvalue weighted by molar-refractivity contribution is 5.77. The molecule has 0 spiro atoms. The second kappa shape index (κ2) is 4.23. The molecule has 0 saturated carbocycles. The smallest absolute Gasteiger partial charge is 0.334 e. The maximum atomic E-state index is 10.7. The van der Waals surface area contributed by atoms with Crippen molar-refractivity contribution in [2.75, 3.05) is 6.61 Å². The quantitative estimate of drug-likeness (QED) is 0.625. The Hall–Kier alpha value is -1.10. The number of ether oxygens (including phenoxy) is 1. The first kappa shape index (κ1) is 9.98. The van der Waals surface area contributed by atoms with Gasteiger partial charge in [0.05, 0.1) is 6.04 Å². The van der Waals surface area contributed by atoms with Crippen LogP contribution in [0.3, 0.4) is 0 Å². The van der Waals surface area contributed by atoms with E-state index < -0.39 is 12.1 Å². The van der Waals surface area contributed by atoms with E-state index in [-0.39, 0.29) is 11.9 Å². The van der Waals surface area contributed by atoms with Gasteiger partial charge >= 0.3 is 5.97 Å². The van der Waals surface area contributed by atoms with E-state index in [2.05, 4.69) is 5.32 Å². The van der Waals surface area contributed by atoms with Crippen molar-refractivity contribution in [3.8, 4) is 0 Å². The van der Waals surface area contributed by atoms with Crippen LogP contribution in [0.4, 0.5) is 0 Å². The Bertz CT molecular complexity index is 216. The summed E-state index contributed by atoms with van der Waals surface area (Å²) in [5.41, 5.74) is 0. The summed E-state index contributed by atoms with van der Waals surface area (Å²) in [4.78, 5) is 21.4. The molecule has 5 heteroatoms. The molecule has 0 bridgehead atoms. The van der Waals surface area contributed by atoms with Crippen LogP contribution in [0.5, 0.6) is 0 Å². The summed E-state index contributed by atoms with van der Waals surface area (Å²) in [5.74, 6) is -1.24. The fraction of sp³-hybridized carbons (Fsp3) is 0.750. The van der Waals surface area contributed by atoms with Crippen LogP contribution in [-0.2, 0) is 14.3 Å². The number of carboxylic acid groups (broad SMARTS) is 1. The Kier molecular flexibility index (Phi) is 3.25. The molecule has 1 rings (SSSR count). The largest absolute Gasteiger partial charge is 0.479 e. The summed E-state index contributed by atoms with van der Waals surface area (Å²) in [5, 5.41) is 11.3. The molecule has 0 aromatic rings. The van der Waals surface area contributed by atoms with Crippen molar-refractivity contribution in [1.82, 2.24) is 5.32 Å². The highest BCUT2D eigenvalue weighted by atomic mass is 16.5. The third-order valence-electron chi connectivity index (χ3n) is 1.95. The van der Waals surface area contributed by atoms with Crippen molar-refractivity contribution in [2.24, 2.45) is 0 Å². The predicted octanol–water partition coefficient (Wildman–Crippen LogP) is -0.245. The van der Waals surface area contributed by atoms with Gasteiger partial charge in [-0.05, 0) is 12.8 Å². The Labute approximate surface area is 76.1 Å². The molecule has 2 N–H and O–H groups in total. The lowest BCUT2D eigenvalue weighted by molar-refractivity contribution is -0.155. The zero-order chi connectivity index (χ0) is 9.84. The summed E-state index contributed by atoms with van der Waals surface area (Å²) in [7, 11) is 0. The molecule has 1 heterocycles. The number of carbonyl (C=O) groups excluding carboxylic acids is 1. The average molecular weight is 187 g/mol.